The number of carbonyl (C=O) groups excluding carboxylic acids is 3. The van der Waals surface area contributed by atoms with Gasteiger partial charge in [0, 0.05) is 23.2 Å². The molecule has 4 fully saturated rings. The number of imidazole rings is 2. The molecule has 16 nitrogen and oxygen atoms in total. The first kappa shape index (κ1) is 38.6. The van der Waals surface area contributed by atoms with Crippen molar-refractivity contribution in [3.05, 3.63) is 72.3 Å². The number of hydrogen-bond donors (Lipinski definition) is 5. The van der Waals surface area contributed by atoms with Gasteiger partial charge in [-0.2, -0.15) is 0 Å². The summed E-state index contributed by atoms with van der Waals surface area (Å²) in [6.45, 7) is 7.52. The zero-order valence-corrected chi connectivity index (χ0v) is 34.5. The maximum Gasteiger partial charge on any atom is 0.407 e. The van der Waals surface area contributed by atoms with Crippen molar-refractivity contribution in [2.75, 3.05) is 7.11 Å². The monoisotopic (exact) mass is 824 g/mol. The minimum absolute atomic E-state index is 0.106. The van der Waals surface area contributed by atoms with Crippen LogP contribution in [-0.2, 0) is 14.3 Å². The molecule has 4 aromatic heterocycles. The summed E-state index contributed by atoms with van der Waals surface area (Å²) in [4.78, 5) is 81.8. The van der Waals surface area contributed by atoms with E-state index in [0.29, 0.717) is 17.7 Å². The van der Waals surface area contributed by atoms with E-state index in [9.17, 15) is 24.3 Å². The highest BCUT2D eigenvalue weighted by Crippen LogP contribution is 2.54. The van der Waals surface area contributed by atoms with Crippen LogP contribution in [0.15, 0.2) is 60.7 Å². The minimum atomic E-state index is -1.21. The van der Waals surface area contributed by atoms with Crippen LogP contribution in [0.4, 0.5) is 9.59 Å². The first-order valence-electron chi connectivity index (χ1n) is 21.1. The van der Waals surface area contributed by atoms with Gasteiger partial charge in [0.25, 0.3) is 0 Å². The van der Waals surface area contributed by atoms with E-state index < -0.39 is 24.3 Å². The summed E-state index contributed by atoms with van der Waals surface area (Å²) < 4.78 is 4.81. The Morgan fingerprint density at radius 3 is 1.52 bits per heavy atom. The maximum absolute atomic E-state index is 13.9. The van der Waals surface area contributed by atoms with Crippen LogP contribution in [0.5, 0.6) is 0 Å². The van der Waals surface area contributed by atoms with Crippen molar-refractivity contribution in [2.24, 2.45) is 23.7 Å². The molecular weight excluding hydrogens is 777 g/mol. The Kier molecular flexibility index (Phi) is 9.21. The lowest BCUT2D eigenvalue weighted by Gasteiger charge is -2.31. The fourth-order valence-electron chi connectivity index (χ4n) is 9.72. The summed E-state index contributed by atoms with van der Waals surface area (Å²) in [5.74, 6) is 1.63. The molecule has 61 heavy (non-hydrogen) atoms. The number of fused-ring (bicyclic) bond motifs is 5. The number of aromatic amines is 2. The predicted molar refractivity (Wildman–Crippen MR) is 226 cm³/mol. The molecule has 2 aromatic carbocycles. The van der Waals surface area contributed by atoms with E-state index in [-0.39, 0.29) is 47.8 Å². The second-order valence-corrected chi connectivity index (χ2v) is 17.8. The molecule has 4 amide bonds. The standard InChI is InChI=1S/C45H48N10O6/c1-20(2)38(52-44(58)59)42(56)54-34-16-24(34)18-36(54)40-48-30-8-6-22(14-32(30)50-40)26-10-12-29-28(46-26)13-11-27(47-29)23-7-9-31-33(15-23)51-41(49-31)37-19-25-17-35(25)55(37)43(57)39(21(3)4)53-45(60)61-5/h6-15,20-21,24-25,34-39,52H,16-19H2,1-5H3,(H,48,50)(H,49,51)(H,53,60)(H,58,59)/t24-,25+,34-,35-,36+,37+,38+,39+/m1/s1. The van der Waals surface area contributed by atoms with Gasteiger partial charge in [-0.3, -0.25) is 9.59 Å². The van der Waals surface area contributed by atoms with E-state index in [4.69, 9.17) is 24.7 Å². The fourth-order valence-corrected chi connectivity index (χ4v) is 9.72. The van der Waals surface area contributed by atoms with Crippen molar-refractivity contribution >= 4 is 57.1 Å². The second kappa shape index (κ2) is 14.6. The Hall–Kier alpha value is -6.58. The van der Waals surface area contributed by atoms with E-state index in [1.165, 1.54) is 7.11 Å². The number of H-pyrrole nitrogens is 2. The van der Waals surface area contributed by atoms with Gasteiger partial charge in [-0.1, -0.05) is 39.8 Å². The largest absolute Gasteiger partial charge is 0.465 e. The molecule has 16 heteroatoms. The van der Waals surface area contributed by atoms with Gasteiger partial charge >= 0.3 is 12.2 Å². The number of nitrogens with zero attached hydrogens (tertiary/aromatic N) is 6. The molecule has 2 saturated carbocycles. The fraction of sp³-hybridized carbons (Fsp3) is 0.422. The van der Waals surface area contributed by atoms with Crippen LogP contribution in [0.25, 0.3) is 55.6 Å². The molecular formula is C45H48N10O6. The molecule has 2 saturated heterocycles. The number of amides is 4. The molecule has 0 spiro atoms. The van der Waals surface area contributed by atoms with Gasteiger partial charge in [0.1, 0.15) is 23.7 Å². The van der Waals surface area contributed by atoms with Gasteiger partial charge in [0.15, 0.2) is 0 Å². The van der Waals surface area contributed by atoms with Crippen LogP contribution in [0.1, 0.15) is 77.1 Å². The molecule has 314 valence electrons. The first-order valence-corrected chi connectivity index (χ1v) is 21.1. The summed E-state index contributed by atoms with van der Waals surface area (Å²) >= 11 is 0. The van der Waals surface area contributed by atoms with Crippen LogP contribution in [-0.4, -0.2) is 100 Å². The van der Waals surface area contributed by atoms with E-state index in [0.717, 1.165) is 87.1 Å². The topological polar surface area (TPSA) is 211 Å². The Bertz CT molecular complexity index is 2760. The number of piperidine rings is 2. The van der Waals surface area contributed by atoms with Crippen molar-refractivity contribution in [2.45, 2.75) is 89.6 Å². The van der Waals surface area contributed by atoms with Crippen molar-refractivity contribution in [3.8, 4) is 22.5 Å². The zero-order chi connectivity index (χ0) is 42.4. The number of benzene rings is 2. The molecule has 2 aliphatic carbocycles. The molecule has 6 aromatic rings. The summed E-state index contributed by atoms with van der Waals surface area (Å²) in [6.07, 6.45) is 1.67. The summed E-state index contributed by atoms with van der Waals surface area (Å²) in [6, 6.07) is 18.1. The molecule has 10 rings (SSSR count). The molecule has 0 radical (unpaired) electrons. The number of ether oxygens (including phenoxy) is 1. The number of carbonyl (C=O) groups is 4. The van der Waals surface area contributed by atoms with Gasteiger partial charge in [0.2, 0.25) is 11.8 Å². The summed E-state index contributed by atoms with van der Waals surface area (Å²) in [5.41, 5.74) is 8.09. The number of hydrogen-bond acceptors (Lipinski definition) is 9. The van der Waals surface area contributed by atoms with E-state index in [2.05, 4.69) is 20.6 Å². The Labute approximate surface area is 350 Å². The number of rotatable bonds is 10. The number of methoxy groups -OCH3 is 1. The molecule has 0 bridgehead atoms. The predicted octanol–water partition coefficient (Wildman–Crippen LogP) is 6.71. The molecule has 6 heterocycles. The van der Waals surface area contributed by atoms with E-state index in [1.807, 2.05) is 98.2 Å². The smallest absolute Gasteiger partial charge is 0.407 e. The number of pyridine rings is 2. The second-order valence-electron chi connectivity index (χ2n) is 17.8. The van der Waals surface area contributed by atoms with Gasteiger partial charge in [0.05, 0.1) is 63.7 Å². The Balaban J connectivity index is 0.872. The molecule has 2 aliphatic heterocycles. The quantitative estimate of drug-likeness (QED) is 0.0985. The van der Waals surface area contributed by atoms with Gasteiger partial charge in [-0.25, -0.2) is 29.5 Å². The normalized spacial score (nSPS) is 23.7. The van der Waals surface area contributed by atoms with Crippen molar-refractivity contribution < 1.29 is 29.0 Å². The molecule has 5 N–H and O–H groups in total. The number of nitrogens with one attached hydrogen (secondary N) is 4. The van der Waals surface area contributed by atoms with Crippen LogP contribution in [0.3, 0.4) is 0 Å². The number of carboxylic acid groups (broad SMARTS) is 1. The van der Waals surface area contributed by atoms with Gasteiger partial charge < -0.3 is 40.2 Å². The van der Waals surface area contributed by atoms with E-state index in [1.54, 1.807) is 0 Å². The van der Waals surface area contributed by atoms with Crippen LogP contribution < -0.4 is 10.6 Å². The Morgan fingerprint density at radius 1 is 0.639 bits per heavy atom. The summed E-state index contributed by atoms with van der Waals surface area (Å²) in [7, 11) is 1.30. The average molecular weight is 825 g/mol. The lowest BCUT2D eigenvalue weighted by atomic mass is 10.0. The third kappa shape index (κ3) is 6.87. The molecule has 8 atom stereocenters. The first-order chi connectivity index (χ1) is 29.3. The van der Waals surface area contributed by atoms with Gasteiger partial charge in [-0.15, -0.1) is 0 Å². The van der Waals surface area contributed by atoms with Crippen LogP contribution in [0, 0.1) is 23.7 Å². The summed E-state index contributed by atoms with van der Waals surface area (Å²) in [5, 5.41) is 14.6. The maximum atomic E-state index is 13.9. The Morgan fingerprint density at radius 2 is 1.10 bits per heavy atom. The average Bonchev–Trinajstić information content (AvgIpc) is 3.91. The highest BCUT2D eigenvalue weighted by Gasteiger charge is 2.57. The van der Waals surface area contributed by atoms with Crippen LogP contribution >= 0.6 is 0 Å². The zero-order valence-electron chi connectivity index (χ0n) is 34.5. The molecule has 4 aliphatic rings. The van der Waals surface area contributed by atoms with Crippen molar-refractivity contribution in [3.63, 3.8) is 0 Å². The van der Waals surface area contributed by atoms with E-state index >= 15 is 0 Å². The third-order valence-electron chi connectivity index (χ3n) is 13.1. The molecule has 0 unspecified atom stereocenters. The minimum Gasteiger partial charge on any atom is -0.465 e. The van der Waals surface area contributed by atoms with Gasteiger partial charge in [-0.05, 0) is 97.9 Å². The lowest BCUT2D eigenvalue weighted by Crippen LogP contribution is -2.52. The SMILES string of the molecule is COC(=O)N[C@H](C(=O)N1[C@@H]2C[C@H]2C[C@H]1c1nc2cc(-c3ccc4nc(-c5ccc6[nH]c([C@@H]7C[C@H]8C[C@H]8N7C(=O)[C@@H](NC(=O)O)C(C)C)nc6c5)ccc4n3)ccc2[nH]1)C(C)C. The number of likely N-dealkylation sites (tertiary alicyclic amines) is 2. The number of aromatic nitrogens is 6. The number of alkyl carbamates (subject to hydrolysis) is 1. The van der Waals surface area contributed by atoms with Crippen molar-refractivity contribution in [1.29, 1.82) is 0 Å². The van der Waals surface area contributed by atoms with Crippen LogP contribution in [0.2, 0.25) is 0 Å². The lowest BCUT2D eigenvalue weighted by molar-refractivity contribution is -0.137. The third-order valence-corrected chi connectivity index (χ3v) is 13.1. The highest BCUT2D eigenvalue weighted by atomic mass is 16.5. The highest BCUT2D eigenvalue weighted by molar-refractivity contribution is 5.89. The van der Waals surface area contributed by atoms with Crippen molar-refractivity contribution in [1.82, 2.24) is 50.3 Å².